The lowest BCUT2D eigenvalue weighted by atomic mass is 9.95. The smallest absolute Gasteiger partial charge is 0.137 e. The summed E-state index contributed by atoms with van der Waals surface area (Å²) in [4.78, 5) is 7.11. The normalized spacial score (nSPS) is 11.8. The summed E-state index contributed by atoms with van der Waals surface area (Å²) in [6, 6.07) is 183. The fourth-order valence-corrected chi connectivity index (χ4v) is 24.3. The molecular formula is C134H83N3O2S2. The van der Waals surface area contributed by atoms with E-state index >= 15 is 0 Å². The Morgan fingerprint density at radius 1 is 0.135 bits per heavy atom. The fourth-order valence-electron chi connectivity index (χ4n) is 22.0. The highest BCUT2D eigenvalue weighted by molar-refractivity contribution is 7.26. The Hall–Kier alpha value is -18.0. The average Bonchev–Trinajstić information content (AvgIpc) is 1.71. The number of thiophene rings is 2. The van der Waals surface area contributed by atoms with E-state index in [9.17, 15) is 0 Å². The highest BCUT2D eigenvalue weighted by Crippen LogP contribution is 2.50. The first-order chi connectivity index (χ1) is 69.8. The van der Waals surface area contributed by atoms with Crippen LogP contribution in [0, 0.1) is 0 Å². The van der Waals surface area contributed by atoms with Gasteiger partial charge >= 0.3 is 0 Å². The summed E-state index contributed by atoms with van der Waals surface area (Å²) in [6.45, 7) is 0. The molecular weight excluding hydrogens is 1750 g/mol. The summed E-state index contributed by atoms with van der Waals surface area (Å²) in [6.07, 6.45) is 0. The monoisotopic (exact) mass is 1830 g/mol. The molecule has 0 saturated heterocycles. The largest absolute Gasteiger partial charge is 0.456 e. The molecule has 0 saturated carbocycles. The van der Waals surface area contributed by atoms with Gasteiger partial charge in [-0.1, -0.05) is 334 Å². The Morgan fingerprint density at radius 3 is 0.972 bits per heavy atom. The van der Waals surface area contributed by atoms with Crippen molar-refractivity contribution < 1.29 is 8.83 Å². The van der Waals surface area contributed by atoms with Gasteiger partial charge in [-0.2, -0.15) is 0 Å². The molecule has 141 heavy (non-hydrogen) atoms. The van der Waals surface area contributed by atoms with Gasteiger partial charge in [0.1, 0.15) is 22.3 Å². The molecule has 0 fully saturated rings. The number of benzene rings is 26. The van der Waals surface area contributed by atoms with Crippen molar-refractivity contribution in [3.63, 3.8) is 0 Å². The third-order valence-electron chi connectivity index (χ3n) is 28.7. The van der Waals surface area contributed by atoms with Crippen molar-refractivity contribution in [1.82, 2.24) is 0 Å². The third kappa shape index (κ3) is 14.1. The van der Waals surface area contributed by atoms with Gasteiger partial charge < -0.3 is 23.5 Å². The topological polar surface area (TPSA) is 36.0 Å². The summed E-state index contributed by atoms with van der Waals surface area (Å²) >= 11 is 3.76. The molecule has 0 aliphatic heterocycles. The van der Waals surface area contributed by atoms with Gasteiger partial charge in [-0.3, -0.25) is 0 Å². The number of anilines is 9. The van der Waals surface area contributed by atoms with Crippen molar-refractivity contribution in [1.29, 1.82) is 0 Å². The van der Waals surface area contributed by atoms with E-state index in [1.807, 2.05) is 46.9 Å². The molecule has 0 aliphatic rings. The van der Waals surface area contributed by atoms with Crippen LogP contribution in [0.15, 0.2) is 512 Å². The Balaban J connectivity index is 0.000000104. The third-order valence-corrected chi connectivity index (χ3v) is 31.0. The van der Waals surface area contributed by atoms with Gasteiger partial charge in [0.15, 0.2) is 0 Å². The van der Waals surface area contributed by atoms with Crippen LogP contribution in [0.2, 0.25) is 0 Å². The molecule has 0 N–H and O–H groups in total. The van der Waals surface area contributed by atoms with E-state index in [4.69, 9.17) is 8.83 Å². The van der Waals surface area contributed by atoms with Crippen LogP contribution < -0.4 is 14.7 Å². The van der Waals surface area contributed by atoms with Crippen LogP contribution in [0.25, 0.3) is 225 Å². The first-order valence-corrected chi connectivity index (χ1v) is 49.7. The van der Waals surface area contributed by atoms with Crippen molar-refractivity contribution in [2.75, 3.05) is 14.7 Å². The van der Waals surface area contributed by atoms with Crippen LogP contribution >= 0.6 is 22.7 Å². The average molecular weight is 1830 g/mol. The van der Waals surface area contributed by atoms with E-state index in [1.165, 1.54) is 181 Å². The van der Waals surface area contributed by atoms with Crippen LogP contribution in [0.3, 0.4) is 0 Å². The molecule has 30 aromatic rings. The quantitative estimate of drug-likeness (QED) is 0.121. The molecule has 658 valence electrons. The molecule has 0 spiro atoms. The van der Waals surface area contributed by atoms with Crippen molar-refractivity contribution in [3.05, 3.63) is 504 Å². The van der Waals surface area contributed by atoms with Gasteiger partial charge in [-0.25, -0.2) is 0 Å². The number of hydrogen-bond donors (Lipinski definition) is 0. The molecule has 4 heterocycles. The van der Waals surface area contributed by atoms with Crippen LogP contribution in [0.5, 0.6) is 0 Å². The van der Waals surface area contributed by atoms with E-state index < -0.39 is 0 Å². The fraction of sp³-hybridized carbons (Fsp3) is 0. The molecule has 4 aromatic heterocycles. The highest BCUT2D eigenvalue weighted by Gasteiger charge is 2.25. The number of nitrogens with zero attached hydrogens (tertiary/aromatic N) is 3. The molecule has 0 bridgehead atoms. The van der Waals surface area contributed by atoms with Gasteiger partial charge in [0.2, 0.25) is 0 Å². The SMILES string of the molecule is c1ccc(-c2ccc(N(c3ccc4ccccc4c3)c3ccc4c(ccc5ccc6cc7c(cc6c54)oc4ccccc47)c3)cc2)cc1.c1ccc(-c2ccc(N(c3ccc4ccccc4c3)c3ccc4c(ccc5ccc6cc7sc8ccccc8c7cc6c54)c3)cc2)cc1.c1ccc(N(c2ccc3c(ccc4ccc5cc6c(cc5c43)sc3ccccc36)c2)c2cccc3oc4ccccc4c23)cc1. The van der Waals surface area contributed by atoms with E-state index in [0.717, 1.165) is 95.1 Å². The van der Waals surface area contributed by atoms with Crippen molar-refractivity contribution in [2.45, 2.75) is 0 Å². The Kier molecular flexibility index (Phi) is 19.3. The summed E-state index contributed by atoms with van der Waals surface area (Å²) in [7, 11) is 0. The van der Waals surface area contributed by atoms with Crippen LogP contribution in [-0.4, -0.2) is 0 Å². The van der Waals surface area contributed by atoms with Crippen LogP contribution in [0.1, 0.15) is 0 Å². The number of para-hydroxylation sites is 3. The lowest BCUT2D eigenvalue weighted by molar-refractivity contribution is 0.669. The maximum atomic E-state index is 6.33. The lowest BCUT2D eigenvalue weighted by Gasteiger charge is -2.26. The molecule has 7 heteroatoms. The second-order valence-electron chi connectivity index (χ2n) is 36.9. The maximum absolute atomic E-state index is 6.33. The van der Waals surface area contributed by atoms with Gasteiger partial charge in [0, 0.05) is 102 Å². The molecule has 26 aromatic carbocycles. The zero-order chi connectivity index (χ0) is 92.7. The van der Waals surface area contributed by atoms with Crippen LogP contribution in [-0.2, 0) is 0 Å². The highest BCUT2D eigenvalue weighted by atomic mass is 32.1. The minimum absolute atomic E-state index is 0.889. The molecule has 0 atom stereocenters. The van der Waals surface area contributed by atoms with E-state index in [2.05, 4.69) is 494 Å². The molecule has 5 nitrogen and oxygen atoms in total. The Morgan fingerprint density at radius 2 is 0.461 bits per heavy atom. The second kappa shape index (κ2) is 33.5. The van der Waals surface area contributed by atoms with Crippen molar-refractivity contribution in [3.8, 4) is 22.3 Å². The standard InChI is InChI=1S/C46H29NO.C46H29NS.C42H25NOS/c1-2-8-30(9-3-1)32-18-21-37(22-19-32)47(38-23-20-31-10-4-5-11-34(31)26-38)39-24-25-40-35(27-39)16-14-33-15-17-36-28-43-41-12-6-7-13-44(41)48-45(43)29-42(36)46(33)40;1-2-8-30(9-3-1)32-18-21-37(22-19-32)47(38-23-20-31-10-4-5-11-34(31)26-38)39-24-25-40-35(27-39)16-14-33-15-17-36-28-45-43(29-42(36)46(33)40)41-12-6-7-13-44(41)48-45;1-2-9-29(10-3-1)43(36-13-8-15-38-42(36)33-12-4-6-14-37(33)44-38)30-21-22-31-27(23-30)19-17-26-18-20-28-24-35-32-11-5-7-16-39(32)45-40(35)25-34(28)41(26)31/h2*1-29H;1-25H. The maximum Gasteiger partial charge on any atom is 0.137 e. The molecule has 30 rings (SSSR count). The second-order valence-corrected chi connectivity index (χ2v) is 39.1. The lowest BCUT2D eigenvalue weighted by Crippen LogP contribution is -2.10. The summed E-state index contributed by atoms with van der Waals surface area (Å²) in [5, 5.41) is 37.5. The van der Waals surface area contributed by atoms with Crippen LogP contribution in [0.4, 0.5) is 51.2 Å². The Bertz CT molecular complexity index is 10300. The van der Waals surface area contributed by atoms with Gasteiger partial charge in [-0.05, 0) is 311 Å². The van der Waals surface area contributed by atoms with Gasteiger partial charge in [0.25, 0.3) is 0 Å². The number of furan rings is 2. The van der Waals surface area contributed by atoms with E-state index in [-0.39, 0.29) is 0 Å². The Labute approximate surface area is 819 Å². The van der Waals surface area contributed by atoms with Gasteiger partial charge in [0.05, 0.1) is 11.1 Å². The first kappa shape index (κ1) is 81.4. The predicted molar refractivity (Wildman–Crippen MR) is 607 cm³/mol. The van der Waals surface area contributed by atoms with Crippen molar-refractivity contribution in [2.24, 2.45) is 0 Å². The molecule has 0 unspecified atom stereocenters. The molecule has 0 amide bonds. The molecule has 0 radical (unpaired) electrons. The minimum Gasteiger partial charge on any atom is -0.456 e. The summed E-state index contributed by atoms with van der Waals surface area (Å²) in [5.41, 5.74) is 18.5. The first-order valence-electron chi connectivity index (χ1n) is 48.1. The predicted octanol–water partition coefficient (Wildman–Crippen LogP) is 40.0. The zero-order valence-corrected chi connectivity index (χ0v) is 78.0. The van der Waals surface area contributed by atoms with E-state index in [1.54, 1.807) is 0 Å². The zero-order valence-electron chi connectivity index (χ0n) is 76.4. The molecule has 0 aliphatic carbocycles. The summed E-state index contributed by atoms with van der Waals surface area (Å²) in [5.74, 6) is 0. The number of fused-ring (bicyclic) bond motifs is 29. The number of hydrogen-bond acceptors (Lipinski definition) is 7. The number of rotatable bonds is 11. The van der Waals surface area contributed by atoms with E-state index in [0.29, 0.717) is 0 Å². The summed E-state index contributed by atoms with van der Waals surface area (Å²) < 4.78 is 18.0. The van der Waals surface area contributed by atoms with Gasteiger partial charge in [-0.15, -0.1) is 22.7 Å². The van der Waals surface area contributed by atoms with Crippen molar-refractivity contribution >= 4 is 277 Å². The minimum atomic E-state index is 0.889.